The van der Waals surface area contributed by atoms with Crippen molar-refractivity contribution >= 4 is 17.9 Å². The van der Waals surface area contributed by atoms with Crippen LogP contribution in [0.2, 0.25) is 5.02 Å². The van der Waals surface area contributed by atoms with Crippen LogP contribution in [0.5, 0.6) is 0 Å². The van der Waals surface area contributed by atoms with Crippen LogP contribution in [-0.2, 0) is 0 Å². The summed E-state index contributed by atoms with van der Waals surface area (Å²) in [5.74, 6) is 0.460. The van der Waals surface area contributed by atoms with Crippen molar-refractivity contribution < 1.29 is 4.79 Å². The number of rotatable bonds is 2. The van der Waals surface area contributed by atoms with E-state index in [2.05, 4.69) is 10.1 Å². The molecule has 70 valence electrons. The highest BCUT2D eigenvalue weighted by Gasteiger charge is 2.07. The maximum absolute atomic E-state index is 10.6. The second-order valence-electron chi connectivity index (χ2n) is 2.59. The smallest absolute Gasteiger partial charge is 0.172 e. The zero-order chi connectivity index (χ0) is 9.97. The number of pyridine rings is 1. The lowest BCUT2D eigenvalue weighted by Crippen LogP contribution is -2.03. The van der Waals surface area contributed by atoms with Crippen LogP contribution >= 0.6 is 11.6 Å². The molecule has 0 saturated carbocycles. The highest BCUT2D eigenvalue weighted by atomic mass is 35.5. The molecule has 0 bridgehead atoms. The molecule has 2 rings (SSSR count). The normalized spacial score (nSPS) is 10.1. The fraction of sp³-hybridized carbons (Fsp3) is 0. The number of aldehydes is 1. The number of halogens is 1. The van der Waals surface area contributed by atoms with Gasteiger partial charge in [0, 0.05) is 6.20 Å². The Labute approximate surface area is 85.1 Å². The van der Waals surface area contributed by atoms with Crippen molar-refractivity contribution in [2.45, 2.75) is 0 Å². The van der Waals surface area contributed by atoms with E-state index < -0.39 is 0 Å². The zero-order valence-corrected chi connectivity index (χ0v) is 7.85. The van der Waals surface area contributed by atoms with Crippen LogP contribution in [-0.4, -0.2) is 21.1 Å². The summed E-state index contributed by atoms with van der Waals surface area (Å²) in [5, 5.41) is 4.41. The summed E-state index contributed by atoms with van der Waals surface area (Å²) in [6.07, 6.45) is 3.82. The van der Waals surface area contributed by atoms with E-state index in [-0.39, 0.29) is 0 Å². The number of aromatic nitrogens is 3. The molecule has 0 unspecified atom stereocenters. The van der Waals surface area contributed by atoms with Gasteiger partial charge in [0.2, 0.25) is 0 Å². The molecule has 0 amide bonds. The Morgan fingerprint density at radius 3 is 2.93 bits per heavy atom. The molecule has 2 aromatic rings. The lowest BCUT2D eigenvalue weighted by molar-refractivity contribution is 0.111. The number of nitrogens with zero attached hydrogens (tertiary/aromatic N) is 3. The Balaban J connectivity index is 2.60. The van der Waals surface area contributed by atoms with Crippen molar-refractivity contribution in [3.05, 3.63) is 41.3 Å². The summed E-state index contributed by atoms with van der Waals surface area (Å²) in [5.41, 5.74) is 0.422. The van der Waals surface area contributed by atoms with Crippen molar-refractivity contribution in [1.82, 2.24) is 14.8 Å². The molecule has 0 radical (unpaired) electrons. The minimum absolute atomic E-state index is 0.422. The van der Waals surface area contributed by atoms with Gasteiger partial charge in [-0.1, -0.05) is 11.6 Å². The van der Waals surface area contributed by atoms with E-state index in [1.807, 2.05) is 0 Å². The minimum atomic E-state index is 0.422. The van der Waals surface area contributed by atoms with Gasteiger partial charge in [-0.2, -0.15) is 5.10 Å². The van der Waals surface area contributed by atoms with Crippen molar-refractivity contribution in [2.24, 2.45) is 0 Å². The predicted octanol–water partition coefficient (Wildman–Crippen LogP) is 1.73. The molecule has 0 atom stereocenters. The molecule has 2 heterocycles. The maximum Gasteiger partial charge on any atom is 0.172 e. The second kappa shape index (κ2) is 3.59. The Morgan fingerprint density at radius 2 is 2.21 bits per heavy atom. The average Bonchev–Trinajstić information content (AvgIpc) is 2.66. The molecule has 4 nitrogen and oxygen atoms in total. The summed E-state index contributed by atoms with van der Waals surface area (Å²) in [4.78, 5) is 14.7. The van der Waals surface area contributed by atoms with Gasteiger partial charge in [-0.05, 0) is 18.2 Å². The SMILES string of the molecule is O=Cc1ccnn1-c1ncccc1Cl. The zero-order valence-electron chi connectivity index (χ0n) is 7.09. The summed E-state index contributed by atoms with van der Waals surface area (Å²) >= 11 is 5.91. The molecular weight excluding hydrogens is 202 g/mol. The first-order valence-electron chi connectivity index (χ1n) is 3.93. The standard InChI is InChI=1S/C9H6ClN3O/c10-8-2-1-4-11-9(8)13-7(6-14)3-5-12-13/h1-6H. The molecule has 0 fully saturated rings. The number of carbonyl (C=O) groups is 1. The van der Waals surface area contributed by atoms with Crippen molar-refractivity contribution in [3.63, 3.8) is 0 Å². The molecule has 0 spiro atoms. The molecule has 0 aliphatic rings. The predicted molar refractivity (Wildman–Crippen MR) is 51.8 cm³/mol. The molecule has 14 heavy (non-hydrogen) atoms. The monoisotopic (exact) mass is 207 g/mol. The van der Waals surface area contributed by atoms with E-state index in [4.69, 9.17) is 11.6 Å². The fourth-order valence-corrected chi connectivity index (χ4v) is 1.31. The average molecular weight is 208 g/mol. The van der Waals surface area contributed by atoms with Crippen LogP contribution in [0.1, 0.15) is 10.5 Å². The van der Waals surface area contributed by atoms with Gasteiger partial charge in [-0.3, -0.25) is 4.79 Å². The second-order valence-corrected chi connectivity index (χ2v) is 3.00. The topological polar surface area (TPSA) is 47.8 Å². The third-order valence-electron chi connectivity index (χ3n) is 1.73. The van der Waals surface area contributed by atoms with Gasteiger partial charge in [0.1, 0.15) is 5.69 Å². The number of hydrogen-bond donors (Lipinski definition) is 0. The Kier molecular flexibility index (Phi) is 2.28. The molecule has 2 aromatic heterocycles. The molecule has 0 aliphatic carbocycles. The van der Waals surface area contributed by atoms with Gasteiger partial charge in [0.15, 0.2) is 12.1 Å². The van der Waals surface area contributed by atoms with Crippen LogP contribution in [0.4, 0.5) is 0 Å². The minimum Gasteiger partial charge on any atom is -0.296 e. The lowest BCUT2D eigenvalue weighted by atomic mass is 10.4. The van der Waals surface area contributed by atoms with Crippen LogP contribution in [0.15, 0.2) is 30.6 Å². The molecule has 0 N–H and O–H groups in total. The summed E-state index contributed by atoms with van der Waals surface area (Å²) in [6.45, 7) is 0. The van der Waals surface area contributed by atoms with E-state index in [0.717, 1.165) is 0 Å². The van der Waals surface area contributed by atoms with Gasteiger partial charge in [-0.25, -0.2) is 9.67 Å². The van der Waals surface area contributed by atoms with E-state index in [0.29, 0.717) is 22.8 Å². The van der Waals surface area contributed by atoms with Gasteiger partial charge in [0.25, 0.3) is 0 Å². The van der Waals surface area contributed by atoms with E-state index in [1.54, 1.807) is 24.4 Å². The van der Waals surface area contributed by atoms with Crippen LogP contribution in [0.3, 0.4) is 0 Å². The van der Waals surface area contributed by atoms with E-state index >= 15 is 0 Å². The third-order valence-corrected chi connectivity index (χ3v) is 2.03. The van der Waals surface area contributed by atoms with Gasteiger partial charge >= 0.3 is 0 Å². The van der Waals surface area contributed by atoms with Gasteiger partial charge < -0.3 is 0 Å². The Morgan fingerprint density at radius 1 is 1.36 bits per heavy atom. The largest absolute Gasteiger partial charge is 0.296 e. The third kappa shape index (κ3) is 1.40. The number of hydrogen-bond acceptors (Lipinski definition) is 3. The van der Waals surface area contributed by atoms with Crippen LogP contribution < -0.4 is 0 Å². The quantitative estimate of drug-likeness (QED) is 0.705. The molecular formula is C9H6ClN3O. The van der Waals surface area contributed by atoms with E-state index in [1.165, 1.54) is 10.9 Å². The van der Waals surface area contributed by atoms with E-state index in [9.17, 15) is 4.79 Å². The first-order chi connectivity index (χ1) is 6.83. The maximum atomic E-state index is 10.6. The molecule has 0 aliphatic heterocycles. The highest BCUT2D eigenvalue weighted by Crippen LogP contribution is 2.16. The van der Waals surface area contributed by atoms with Gasteiger partial charge in [-0.15, -0.1) is 0 Å². The summed E-state index contributed by atoms with van der Waals surface area (Å²) < 4.78 is 1.40. The first kappa shape index (κ1) is 8.90. The van der Waals surface area contributed by atoms with Crippen LogP contribution in [0, 0.1) is 0 Å². The summed E-state index contributed by atoms with van der Waals surface area (Å²) in [6, 6.07) is 5.01. The van der Waals surface area contributed by atoms with Crippen LogP contribution in [0.25, 0.3) is 5.82 Å². The summed E-state index contributed by atoms with van der Waals surface area (Å²) in [7, 11) is 0. The molecule has 0 aromatic carbocycles. The Hall–Kier alpha value is -1.68. The highest BCUT2D eigenvalue weighted by molar-refractivity contribution is 6.32. The number of carbonyl (C=O) groups excluding carboxylic acids is 1. The first-order valence-corrected chi connectivity index (χ1v) is 4.31. The van der Waals surface area contributed by atoms with Crippen molar-refractivity contribution in [2.75, 3.05) is 0 Å². The molecule has 0 saturated heterocycles. The van der Waals surface area contributed by atoms with Gasteiger partial charge in [0.05, 0.1) is 11.2 Å². The van der Waals surface area contributed by atoms with Crippen molar-refractivity contribution in [1.29, 1.82) is 0 Å². The fourth-order valence-electron chi connectivity index (χ4n) is 1.11. The van der Waals surface area contributed by atoms with Crippen molar-refractivity contribution in [3.8, 4) is 5.82 Å². The lowest BCUT2D eigenvalue weighted by Gasteiger charge is -2.03. The Bertz CT molecular complexity index is 467. The molecule has 5 heteroatoms.